The van der Waals surface area contributed by atoms with Gasteiger partial charge in [0.05, 0.1) is 11.9 Å². The Labute approximate surface area is 259 Å². The molecule has 0 radical (unpaired) electrons. The monoisotopic (exact) mass is 608 g/mol. The van der Waals surface area contributed by atoms with Crippen LogP contribution in [0.5, 0.6) is 5.75 Å². The first-order chi connectivity index (χ1) is 21.2. The van der Waals surface area contributed by atoms with Gasteiger partial charge in [0.15, 0.2) is 0 Å². The molecule has 0 saturated carbocycles. The van der Waals surface area contributed by atoms with Crippen LogP contribution in [-0.4, -0.2) is 35.5 Å². The van der Waals surface area contributed by atoms with Crippen LogP contribution in [0, 0.1) is 0 Å². The molecular formula is C34H32N4O5S. The van der Waals surface area contributed by atoms with Gasteiger partial charge < -0.3 is 26.4 Å². The molecule has 1 atom stereocenters. The standard InChI is InChI=1S/C34H32N4O5S/c1-3-43-28-18-12-23(13-19-28)20-30(38-33(41)25-8-5-4-6-9-25)34(42)37-27-10-7-11-29(21-27)44-22(2)32(40)36-26-16-14-24(15-17-26)31(35)39/h4-22H,3H2,1-2H3,(H2,35,39)(H,36,40)(H,37,42)(H,38,41)/b30-20+. The average molecular weight is 609 g/mol. The lowest BCUT2D eigenvalue weighted by Crippen LogP contribution is -2.30. The highest BCUT2D eigenvalue weighted by atomic mass is 32.2. The van der Waals surface area contributed by atoms with Crippen LogP contribution in [0.2, 0.25) is 0 Å². The van der Waals surface area contributed by atoms with Gasteiger partial charge in [0.1, 0.15) is 11.4 Å². The predicted molar refractivity (Wildman–Crippen MR) is 173 cm³/mol. The van der Waals surface area contributed by atoms with E-state index in [4.69, 9.17) is 10.5 Å². The summed E-state index contributed by atoms with van der Waals surface area (Å²) in [6, 6.07) is 29.2. The van der Waals surface area contributed by atoms with Crippen molar-refractivity contribution in [3.05, 3.63) is 126 Å². The van der Waals surface area contributed by atoms with E-state index in [0.29, 0.717) is 40.4 Å². The number of anilines is 2. The topological polar surface area (TPSA) is 140 Å². The summed E-state index contributed by atoms with van der Waals surface area (Å²) in [6.45, 7) is 4.19. The SMILES string of the molecule is CCOc1ccc(/C=C(/NC(=O)c2ccccc2)C(=O)Nc2cccc(SC(C)C(=O)Nc3ccc(C(N)=O)cc3)c2)cc1. The predicted octanol–water partition coefficient (Wildman–Crippen LogP) is 5.71. The molecule has 1 unspecified atom stereocenters. The lowest BCUT2D eigenvalue weighted by atomic mass is 10.1. The molecule has 4 aromatic rings. The van der Waals surface area contributed by atoms with Crippen LogP contribution in [-0.2, 0) is 9.59 Å². The van der Waals surface area contributed by atoms with Gasteiger partial charge in [0.25, 0.3) is 11.8 Å². The van der Waals surface area contributed by atoms with Crippen molar-refractivity contribution in [2.24, 2.45) is 5.73 Å². The number of carbonyl (C=O) groups is 4. The third kappa shape index (κ3) is 9.07. The molecule has 0 aliphatic heterocycles. The largest absolute Gasteiger partial charge is 0.494 e. The van der Waals surface area contributed by atoms with Crippen molar-refractivity contribution < 1.29 is 23.9 Å². The van der Waals surface area contributed by atoms with E-state index in [1.165, 1.54) is 11.8 Å². The molecule has 44 heavy (non-hydrogen) atoms. The van der Waals surface area contributed by atoms with Crippen molar-refractivity contribution in [1.29, 1.82) is 0 Å². The van der Waals surface area contributed by atoms with E-state index < -0.39 is 23.0 Å². The molecule has 4 aromatic carbocycles. The number of hydrogen-bond acceptors (Lipinski definition) is 6. The van der Waals surface area contributed by atoms with Crippen molar-refractivity contribution in [2.45, 2.75) is 24.0 Å². The molecule has 0 aliphatic carbocycles. The van der Waals surface area contributed by atoms with Crippen molar-refractivity contribution in [3.8, 4) is 5.75 Å². The number of rotatable bonds is 12. The van der Waals surface area contributed by atoms with E-state index in [-0.39, 0.29) is 11.6 Å². The number of primary amides is 1. The molecule has 0 aromatic heterocycles. The van der Waals surface area contributed by atoms with Crippen LogP contribution < -0.4 is 26.4 Å². The minimum Gasteiger partial charge on any atom is -0.494 e. The highest BCUT2D eigenvalue weighted by Crippen LogP contribution is 2.27. The van der Waals surface area contributed by atoms with Crippen LogP contribution in [0.15, 0.2) is 114 Å². The number of nitrogens with two attached hydrogens (primary N) is 1. The minimum atomic E-state index is -0.545. The summed E-state index contributed by atoms with van der Waals surface area (Å²) in [5.41, 5.74) is 7.80. The minimum absolute atomic E-state index is 0.0520. The van der Waals surface area contributed by atoms with E-state index in [1.54, 1.807) is 110 Å². The molecule has 224 valence electrons. The molecule has 0 saturated heterocycles. The van der Waals surface area contributed by atoms with E-state index in [1.807, 2.05) is 13.0 Å². The first kappa shape index (κ1) is 31.6. The second-order valence-corrected chi connectivity index (χ2v) is 11.0. The lowest BCUT2D eigenvalue weighted by molar-refractivity contribution is -0.115. The number of carbonyl (C=O) groups excluding carboxylic acids is 4. The Bertz CT molecular complexity index is 1660. The van der Waals surface area contributed by atoms with Gasteiger partial charge in [-0.2, -0.15) is 0 Å². The van der Waals surface area contributed by atoms with Gasteiger partial charge in [-0.1, -0.05) is 36.4 Å². The van der Waals surface area contributed by atoms with E-state index in [2.05, 4.69) is 16.0 Å². The smallest absolute Gasteiger partial charge is 0.272 e. The van der Waals surface area contributed by atoms with Crippen LogP contribution in [0.4, 0.5) is 11.4 Å². The molecule has 0 aliphatic rings. The van der Waals surface area contributed by atoms with E-state index >= 15 is 0 Å². The van der Waals surface area contributed by atoms with Gasteiger partial charge in [0.2, 0.25) is 11.8 Å². The van der Waals surface area contributed by atoms with E-state index in [0.717, 1.165) is 4.90 Å². The summed E-state index contributed by atoms with van der Waals surface area (Å²) in [7, 11) is 0. The maximum atomic E-state index is 13.4. The summed E-state index contributed by atoms with van der Waals surface area (Å²) in [4.78, 5) is 51.2. The first-order valence-electron chi connectivity index (χ1n) is 13.8. The quantitative estimate of drug-likeness (QED) is 0.120. The van der Waals surface area contributed by atoms with Crippen molar-refractivity contribution in [2.75, 3.05) is 17.2 Å². The summed E-state index contributed by atoms with van der Waals surface area (Å²) in [5, 5.41) is 7.92. The zero-order valence-corrected chi connectivity index (χ0v) is 25.0. The maximum Gasteiger partial charge on any atom is 0.272 e. The second kappa shape index (κ2) is 15.2. The zero-order valence-electron chi connectivity index (χ0n) is 24.2. The van der Waals surface area contributed by atoms with Gasteiger partial charge in [-0.15, -0.1) is 11.8 Å². The number of amides is 4. The van der Waals surface area contributed by atoms with Crippen LogP contribution >= 0.6 is 11.8 Å². The Morgan fingerprint density at radius 1 is 0.818 bits per heavy atom. The maximum absolute atomic E-state index is 13.4. The fraction of sp³-hybridized carbons (Fsp3) is 0.118. The Morgan fingerprint density at radius 3 is 2.18 bits per heavy atom. The number of nitrogens with one attached hydrogen (secondary N) is 3. The lowest BCUT2D eigenvalue weighted by Gasteiger charge is -2.14. The zero-order chi connectivity index (χ0) is 31.5. The molecule has 9 nitrogen and oxygen atoms in total. The third-order valence-corrected chi connectivity index (χ3v) is 7.34. The summed E-state index contributed by atoms with van der Waals surface area (Å²) in [6.07, 6.45) is 1.59. The molecule has 0 bridgehead atoms. The molecule has 0 fully saturated rings. The van der Waals surface area contributed by atoms with Gasteiger partial charge in [0, 0.05) is 27.4 Å². The fourth-order valence-corrected chi connectivity index (χ4v) is 4.93. The van der Waals surface area contributed by atoms with Crippen LogP contribution in [0.1, 0.15) is 40.1 Å². The molecular weight excluding hydrogens is 576 g/mol. The molecule has 4 rings (SSSR count). The molecule has 0 heterocycles. The molecule has 0 spiro atoms. The van der Waals surface area contributed by atoms with Crippen LogP contribution in [0.3, 0.4) is 0 Å². The highest BCUT2D eigenvalue weighted by molar-refractivity contribution is 8.00. The van der Waals surface area contributed by atoms with Gasteiger partial charge >= 0.3 is 0 Å². The fourth-order valence-electron chi connectivity index (χ4n) is 4.00. The van der Waals surface area contributed by atoms with Gasteiger partial charge in [-0.05, 0) is 92.2 Å². The Morgan fingerprint density at radius 2 is 1.52 bits per heavy atom. The Balaban J connectivity index is 1.46. The molecule has 4 amide bonds. The van der Waals surface area contributed by atoms with Crippen LogP contribution in [0.25, 0.3) is 6.08 Å². The molecule has 5 N–H and O–H groups in total. The van der Waals surface area contributed by atoms with E-state index in [9.17, 15) is 19.2 Å². The number of thioether (sulfide) groups is 1. The van der Waals surface area contributed by atoms with Gasteiger partial charge in [-0.3, -0.25) is 19.2 Å². The number of hydrogen-bond donors (Lipinski definition) is 4. The number of benzene rings is 4. The Kier molecular flexibility index (Phi) is 10.9. The van der Waals surface area contributed by atoms with Crippen molar-refractivity contribution >= 4 is 52.8 Å². The second-order valence-electron chi connectivity index (χ2n) is 9.55. The Hall–Kier alpha value is -5.35. The average Bonchev–Trinajstić information content (AvgIpc) is 3.02. The van der Waals surface area contributed by atoms with Crippen molar-refractivity contribution in [3.63, 3.8) is 0 Å². The summed E-state index contributed by atoms with van der Waals surface area (Å²) < 4.78 is 5.50. The summed E-state index contributed by atoms with van der Waals surface area (Å²) >= 11 is 1.31. The molecule has 10 heteroatoms. The number of ether oxygens (including phenoxy) is 1. The van der Waals surface area contributed by atoms with Crippen molar-refractivity contribution in [1.82, 2.24) is 5.32 Å². The summed E-state index contributed by atoms with van der Waals surface area (Å²) in [5.74, 6) is -1.03. The highest BCUT2D eigenvalue weighted by Gasteiger charge is 2.18. The third-order valence-electron chi connectivity index (χ3n) is 6.24. The normalized spacial score (nSPS) is 11.6. The van der Waals surface area contributed by atoms with Gasteiger partial charge in [-0.25, -0.2) is 0 Å². The first-order valence-corrected chi connectivity index (χ1v) is 14.7.